The molecule has 31 heavy (non-hydrogen) atoms. The van der Waals surface area contributed by atoms with E-state index in [0.717, 1.165) is 11.1 Å². The van der Waals surface area contributed by atoms with Gasteiger partial charge in [-0.1, -0.05) is 20.8 Å². The van der Waals surface area contributed by atoms with Crippen LogP contribution in [-0.2, 0) is 14.3 Å². The molecule has 0 aliphatic heterocycles. The van der Waals surface area contributed by atoms with Crippen molar-refractivity contribution in [3.05, 3.63) is 54.6 Å². The Balaban J connectivity index is 2.15. The molecule has 0 fully saturated rings. The third kappa shape index (κ3) is 4.96. The summed E-state index contributed by atoms with van der Waals surface area (Å²) in [5.41, 5.74) is 2.74. The molecule has 162 valence electrons. The number of benzene rings is 1. The van der Waals surface area contributed by atoms with Crippen molar-refractivity contribution in [1.29, 1.82) is 0 Å². The number of anilines is 1. The molecule has 0 spiro atoms. The quantitative estimate of drug-likeness (QED) is 0.566. The van der Waals surface area contributed by atoms with E-state index >= 15 is 0 Å². The van der Waals surface area contributed by atoms with E-state index in [0.29, 0.717) is 23.5 Å². The molecule has 1 unspecified atom stereocenters. The Morgan fingerprint density at radius 1 is 1.16 bits per heavy atom. The van der Waals surface area contributed by atoms with Crippen LogP contribution in [0, 0.1) is 11.7 Å². The first-order chi connectivity index (χ1) is 14.8. The number of pyridine rings is 1. The Morgan fingerprint density at radius 2 is 1.87 bits per heavy atom. The minimum atomic E-state index is -0.626. The van der Waals surface area contributed by atoms with Crippen LogP contribution in [0.15, 0.2) is 48.8 Å². The van der Waals surface area contributed by atoms with E-state index in [1.807, 2.05) is 13.8 Å². The van der Waals surface area contributed by atoms with Crippen molar-refractivity contribution in [2.45, 2.75) is 33.2 Å². The van der Waals surface area contributed by atoms with Crippen molar-refractivity contribution in [1.82, 2.24) is 14.8 Å². The number of carbonyl (C=O) groups is 2. The van der Waals surface area contributed by atoms with Crippen molar-refractivity contribution >= 4 is 17.7 Å². The molecule has 1 aromatic carbocycles. The van der Waals surface area contributed by atoms with E-state index in [-0.39, 0.29) is 17.6 Å². The maximum atomic E-state index is 13.5. The number of amides is 1. The second kappa shape index (κ2) is 9.51. The first kappa shape index (κ1) is 22.1. The Kier molecular flexibility index (Phi) is 6.79. The largest absolute Gasteiger partial charge is 0.467 e. The summed E-state index contributed by atoms with van der Waals surface area (Å²) < 4.78 is 20.0. The number of hydrogen-bond donors (Lipinski definition) is 1. The van der Waals surface area contributed by atoms with E-state index in [4.69, 9.17) is 4.74 Å². The summed E-state index contributed by atoms with van der Waals surface area (Å²) in [6, 6.07) is 8.89. The predicted octanol–water partition coefficient (Wildman–Crippen LogP) is 4.47. The van der Waals surface area contributed by atoms with Crippen LogP contribution >= 0.6 is 0 Å². The summed E-state index contributed by atoms with van der Waals surface area (Å²) >= 11 is 0. The van der Waals surface area contributed by atoms with Gasteiger partial charge in [-0.15, -0.1) is 0 Å². The fourth-order valence-electron chi connectivity index (χ4n) is 3.27. The number of esters is 1. The molecular weight excluding hydrogens is 399 g/mol. The van der Waals surface area contributed by atoms with Gasteiger partial charge >= 0.3 is 5.97 Å². The smallest absolute Gasteiger partial charge is 0.330 e. The number of ether oxygens (including phenoxy) is 1. The van der Waals surface area contributed by atoms with Crippen LogP contribution in [0.2, 0.25) is 0 Å². The zero-order chi connectivity index (χ0) is 22.5. The van der Waals surface area contributed by atoms with Gasteiger partial charge in [0, 0.05) is 29.9 Å². The van der Waals surface area contributed by atoms with E-state index in [1.165, 1.54) is 19.2 Å². The summed E-state index contributed by atoms with van der Waals surface area (Å²) in [7, 11) is 1.34. The highest BCUT2D eigenvalue weighted by atomic mass is 19.1. The van der Waals surface area contributed by atoms with Crippen LogP contribution in [0.1, 0.15) is 33.2 Å². The Labute approximate surface area is 180 Å². The average Bonchev–Trinajstić information content (AvgIpc) is 3.18. The van der Waals surface area contributed by atoms with Gasteiger partial charge in [-0.05, 0) is 47.9 Å². The minimum Gasteiger partial charge on any atom is -0.467 e. The van der Waals surface area contributed by atoms with Gasteiger partial charge in [0.05, 0.1) is 7.11 Å². The van der Waals surface area contributed by atoms with Gasteiger partial charge in [0.2, 0.25) is 5.91 Å². The lowest BCUT2D eigenvalue weighted by Crippen LogP contribution is -2.26. The molecule has 2 heterocycles. The van der Waals surface area contributed by atoms with Crippen LogP contribution < -0.4 is 5.32 Å². The third-order valence-electron chi connectivity index (χ3n) is 4.87. The molecule has 3 rings (SSSR count). The highest BCUT2D eigenvalue weighted by Gasteiger charge is 2.28. The lowest BCUT2D eigenvalue weighted by atomic mass is 10.0. The summed E-state index contributed by atoms with van der Waals surface area (Å²) in [5.74, 6) is -0.563. The first-order valence-electron chi connectivity index (χ1n) is 10.0. The molecule has 8 heteroatoms. The SMILES string of the molecule is CCC(=O)Nc1cc(-c2cn(C(C(=O)OC)C(C)C)nc2-c2ccc(F)cc2)ccn1. The van der Waals surface area contributed by atoms with E-state index < -0.39 is 12.0 Å². The molecule has 0 aliphatic carbocycles. The van der Waals surface area contributed by atoms with Crippen molar-refractivity contribution in [2.24, 2.45) is 5.92 Å². The molecular formula is C23H25FN4O3. The van der Waals surface area contributed by atoms with Gasteiger partial charge in [-0.2, -0.15) is 5.10 Å². The number of nitrogens with one attached hydrogen (secondary N) is 1. The number of rotatable bonds is 7. The highest BCUT2D eigenvalue weighted by Crippen LogP contribution is 2.34. The lowest BCUT2D eigenvalue weighted by Gasteiger charge is -2.18. The zero-order valence-corrected chi connectivity index (χ0v) is 17.9. The fraction of sp³-hybridized carbons (Fsp3) is 0.304. The summed E-state index contributed by atoms with van der Waals surface area (Å²) in [6.07, 6.45) is 3.69. The molecule has 1 amide bonds. The van der Waals surface area contributed by atoms with Crippen molar-refractivity contribution in [3.8, 4) is 22.4 Å². The Morgan fingerprint density at radius 3 is 2.48 bits per heavy atom. The van der Waals surface area contributed by atoms with Crippen molar-refractivity contribution in [2.75, 3.05) is 12.4 Å². The monoisotopic (exact) mass is 424 g/mol. The van der Waals surface area contributed by atoms with Gasteiger partial charge in [-0.25, -0.2) is 14.2 Å². The van der Waals surface area contributed by atoms with E-state index in [9.17, 15) is 14.0 Å². The average molecular weight is 424 g/mol. The second-order valence-electron chi connectivity index (χ2n) is 7.42. The standard InChI is InChI=1S/C23H25FN4O3/c1-5-20(29)26-19-12-16(10-11-25-19)18-13-28(22(14(2)3)23(30)31-4)27-21(18)15-6-8-17(24)9-7-15/h6-14,22H,5H2,1-4H3,(H,25,26,29). The molecule has 0 radical (unpaired) electrons. The Hall–Kier alpha value is -3.55. The van der Waals surface area contributed by atoms with Crippen LogP contribution in [0.5, 0.6) is 0 Å². The maximum Gasteiger partial charge on any atom is 0.330 e. The van der Waals surface area contributed by atoms with Crippen LogP contribution in [0.25, 0.3) is 22.4 Å². The predicted molar refractivity (Wildman–Crippen MR) is 116 cm³/mol. The number of nitrogens with zero attached hydrogens (tertiary/aromatic N) is 3. The maximum absolute atomic E-state index is 13.5. The van der Waals surface area contributed by atoms with Crippen molar-refractivity contribution < 1.29 is 18.7 Å². The van der Waals surface area contributed by atoms with Gasteiger partial charge in [0.25, 0.3) is 0 Å². The third-order valence-corrected chi connectivity index (χ3v) is 4.87. The lowest BCUT2D eigenvalue weighted by molar-refractivity contribution is -0.146. The molecule has 2 aromatic heterocycles. The summed E-state index contributed by atoms with van der Waals surface area (Å²) in [4.78, 5) is 28.4. The Bertz CT molecular complexity index is 1080. The fourth-order valence-corrected chi connectivity index (χ4v) is 3.27. The molecule has 3 aromatic rings. The summed E-state index contributed by atoms with van der Waals surface area (Å²) in [5, 5.41) is 7.41. The second-order valence-corrected chi connectivity index (χ2v) is 7.42. The van der Waals surface area contributed by atoms with Crippen LogP contribution in [0.4, 0.5) is 10.2 Å². The normalized spacial score (nSPS) is 11.9. The van der Waals surface area contributed by atoms with Gasteiger partial charge in [0.1, 0.15) is 17.3 Å². The molecule has 1 N–H and O–H groups in total. The molecule has 0 saturated carbocycles. The van der Waals surface area contributed by atoms with E-state index in [1.54, 1.807) is 48.3 Å². The summed E-state index contributed by atoms with van der Waals surface area (Å²) in [6.45, 7) is 5.57. The molecule has 0 bridgehead atoms. The van der Waals surface area contributed by atoms with Crippen LogP contribution in [-0.4, -0.2) is 33.8 Å². The first-order valence-corrected chi connectivity index (χ1v) is 10.0. The number of halogens is 1. The molecule has 0 aliphatic rings. The van der Waals surface area contributed by atoms with Gasteiger partial charge in [0.15, 0.2) is 6.04 Å². The molecule has 7 nitrogen and oxygen atoms in total. The minimum absolute atomic E-state index is 0.0712. The molecule has 1 atom stereocenters. The van der Waals surface area contributed by atoms with Crippen molar-refractivity contribution in [3.63, 3.8) is 0 Å². The number of aromatic nitrogens is 3. The van der Waals surface area contributed by atoms with E-state index in [2.05, 4.69) is 15.4 Å². The highest BCUT2D eigenvalue weighted by molar-refractivity contribution is 5.90. The number of hydrogen-bond acceptors (Lipinski definition) is 5. The van der Waals surface area contributed by atoms with Gasteiger partial charge < -0.3 is 10.1 Å². The topological polar surface area (TPSA) is 86.1 Å². The molecule has 0 saturated heterocycles. The zero-order valence-electron chi connectivity index (χ0n) is 17.9. The van der Waals surface area contributed by atoms with Crippen LogP contribution in [0.3, 0.4) is 0 Å². The number of carbonyl (C=O) groups excluding carboxylic acids is 2. The van der Waals surface area contributed by atoms with Gasteiger partial charge in [-0.3, -0.25) is 9.48 Å². The number of methoxy groups -OCH3 is 1.